The molecule has 0 radical (unpaired) electrons. The highest BCUT2D eigenvalue weighted by Crippen LogP contribution is 2.31. The standard InChI is InChI=1S/C25H19N5O2S/c1-16(18-6-3-2-4-7-18)32-20-11-9-17(10-12-20)14-21-22(26)30-25(28-23(21)31)33-24(29-30)19-8-5-13-27-15-19/h2-16,26H,1H3/b21-14-,26-22?/t16-/m0/s1. The molecule has 0 saturated carbocycles. The number of ether oxygens (including phenoxy) is 1. The van der Waals surface area contributed by atoms with E-state index in [1.807, 2.05) is 73.7 Å². The van der Waals surface area contributed by atoms with Gasteiger partial charge in [-0.1, -0.05) is 42.5 Å². The molecule has 0 spiro atoms. The number of carbonyl (C=O) groups excluding carboxylic acids is 1. The van der Waals surface area contributed by atoms with Crippen molar-refractivity contribution in [2.24, 2.45) is 10.1 Å². The molecule has 3 aromatic rings. The predicted octanol–water partition coefficient (Wildman–Crippen LogP) is 4.89. The topological polar surface area (TPSA) is 91.0 Å². The molecule has 33 heavy (non-hydrogen) atoms. The minimum absolute atomic E-state index is 0.00517. The zero-order valence-electron chi connectivity index (χ0n) is 17.7. The van der Waals surface area contributed by atoms with E-state index in [2.05, 4.69) is 15.1 Å². The van der Waals surface area contributed by atoms with E-state index in [4.69, 9.17) is 10.1 Å². The Hall–Kier alpha value is -4.04. The third kappa shape index (κ3) is 4.33. The smallest absolute Gasteiger partial charge is 0.283 e. The molecule has 0 saturated heterocycles. The second kappa shape index (κ2) is 8.84. The van der Waals surface area contributed by atoms with Crippen molar-refractivity contribution >= 4 is 39.8 Å². The van der Waals surface area contributed by atoms with Gasteiger partial charge in [-0.05, 0) is 60.2 Å². The first-order valence-corrected chi connectivity index (χ1v) is 11.1. The summed E-state index contributed by atoms with van der Waals surface area (Å²) >= 11 is 1.25. The van der Waals surface area contributed by atoms with Gasteiger partial charge >= 0.3 is 0 Å². The van der Waals surface area contributed by atoms with Crippen LogP contribution >= 0.6 is 11.8 Å². The Kier molecular flexibility index (Phi) is 5.58. The number of nitrogens with one attached hydrogen (secondary N) is 1. The number of carbonyl (C=O) groups is 1. The molecule has 1 amide bonds. The van der Waals surface area contributed by atoms with Crippen LogP contribution in [0.5, 0.6) is 5.75 Å². The SMILES string of the molecule is C[C@H](Oc1ccc(/C=C2/C(=N)N3N=C(c4cccnc4)SC3=NC2=O)cc1)c1ccccc1. The number of nitrogens with zero attached hydrogens (tertiary/aromatic N) is 4. The summed E-state index contributed by atoms with van der Waals surface area (Å²) in [5.41, 5.74) is 2.85. The number of aliphatic imine (C=N–C) groups is 1. The minimum Gasteiger partial charge on any atom is -0.486 e. The normalized spacial score (nSPS) is 17.5. The highest BCUT2D eigenvalue weighted by molar-refractivity contribution is 8.27. The molecule has 1 aromatic heterocycles. The second-order valence-electron chi connectivity index (χ2n) is 7.41. The van der Waals surface area contributed by atoms with E-state index in [1.165, 1.54) is 16.8 Å². The number of amides is 1. The van der Waals surface area contributed by atoms with Gasteiger partial charge < -0.3 is 4.74 Å². The molecule has 8 heteroatoms. The Bertz CT molecular complexity index is 1300. The van der Waals surface area contributed by atoms with Crippen molar-refractivity contribution in [3.05, 3.63) is 101 Å². The molecular formula is C25H19N5O2S. The number of amidine groups is 2. The van der Waals surface area contributed by atoms with Crippen LogP contribution in [0.15, 0.2) is 94.8 Å². The quantitative estimate of drug-likeness (QED) is 0.556. The van der Waals surface area contributed by atoms with Crippen LogP contribution in [-0.2, 0) is 4.79 Å². The van der Waals surface area contributed by atoms with Gasteiger partial charge in [-0.15, -0.1) is 0 Å². The van der Waals surface area contributed by atoms with E-state index in [-0.39, 0.29) is 17.5 Å². The fourth-order valence-corrected chi connectivity index (χ4v) is 4.28. The van der Waals surface area contributed by atoms with Gasteiger partial charge in [-0.2, -0.15) is 15.1 Å². The maximum Gasteiger partial charge on any atom is 0.283 e. The monoisotopic (exact) mass is 453 g/mol. The van der Waals surface area contributed by atoms with Gasteiger partial charge in [-0.3, -0.25) is 15.2 Å². The van der Waals surface area contributed by atoms with Gasteiger partial charge in [0.05, 0.1) is 5.57 Å². The van der Waals surface area contributed by atoms with Crippen molar-refractivity contribution in [2.75, 3.05) is 0 Å². The van der Waals surface area contributed by atoms with Crippen molar-refractivity contribution < 1.29 is 9.53 Å². The van der Waals surface area contributed by atoms with Crippen molar-refractivity contribution in [3.8, 4) is 5.75 Å². The Morgan fingerprint density at radius 3 is 2.58 bits per heavy atom. The van der Waals surface area contributed by atoms with E-state index in [9.17, 15) is 4.79 Å². The number of thioether (sulfide) groups is 1. The Labute approximate surface area is 195 Å². The van der Waals surface area contributed by atoms with E-state index in [0.717, 1.165) is 22.4 Å². The summed E-state index contributed by atoms with van der Waals surface area (Å²) < 4.78 is 6.01. The lowest BCUT2D eigenvalue weighted by Gasteiger charge is -2.20. The van der Waals surface area contributed by atoms with E-state index >= 15 is 0 Å². The number of hydrogen-bond acceptors (Lipinski definition) is 6. The first-order valence-electron chi connectivity index (χ1n) is 10.3. The zero-order chi connectivity index (χ0) is 22.8. The third-order valence-corrected chi connectivity index (χ3v) is 6.09. The molecule has 1 atom stereocenters. The molecule has 2 aromatic carbocycles. The Morgan fingerprint density at radius 1 is 1.06 bits per heavy atom. The van der Waals surface area contributed by atoms with Crippen LogP contribution in [0.1, 0.15) is 29.7 Å². The van der Waals surface area contributed by atoms with Crippen LogP contribution in [0.3, 0.4) is 0 Å². The largest absolute Gasteiger partial charge is 0.486 e. The minimum atomic E-state index is -0.459. The van der Waals surface area contributed by atoms with Crippen LogP contribution in [-0.4, -0.2) is 31.9 Å². The zero-order valence-corrected chi connectivity index (χ0v) is 18.5. The summed E-state index contributed by atoms with van der Waals surface area (Å²) in [6, 6.07) is 21.1. The number of rotatable bonds is 5. The van der Waals surface area contributed by atoms with Crippen LogP contribution < -0.4 is 4.74 Å². The maximum absolute atomic E-state index is 12.6. The van der Waals surface area contributed by atoms with Crippen LogP contribution in [0, 0.1) is 5.41 Å². The van der Waals surface area contributed by atoms with Gasteiger partial charge in [0.2, 0.25) is 5.17 Å². The summed E-state index contributed by atoms with van der Waals surface area (Å²) in [5.74, 6) is 0.259. The first kappa shape index (κ1) is 20.8. The molecule has 7 nitrogen and oxygen atoms in total. The average Bonchev–Trinajstić information content (AvgIpc) is 3.28. The van der Waals surface area contributed by atoms with Crippen molar-refractivity contribution in [1.29, 1.82) is 5.41 Å². The van der Waals surface area contributed by atoms with Gasteiger partial charge in [0, 0.05) is 18.0 Å². The summed E-state index contributed by atoms with van der Waals surface area (Å²) in [5, 5.41) is 15.4. The second-order valence-corrected chi connectivity index (χ2v) is 8.36. The van der Waals surface area contributed by atoms with Crippen molar-refractivity contribution in [2.45, 2.75) is 13.0 Å². The molecule has 1 N–H and O–H groups in total. The lowest BCUT2D eigenvalue weighted by atomic mass is 10.1. The van der Waals surface area contributed by atoms with E-state index < -0.39 is 5.91 Å². The third-order valence-electron chi connectivity index (χ3n) is 5.14. The number of hydrazone groups is 1. The fraction of sp³-hybridized carbons (Fsp3) is 0.0800. The molecule has 162 valence electrons. The summed E-state index contributed by atoms with van der Waals surface area (Å²) in [4.78, 5) is 20.9. The molecule has 0 fully saturated rings. The average molecular weight is 454 g/mol. The fourth-order valence-electron chi connectivity index (χ4n) is 3.40. The molecule has 0 aliphatic carbocycles. The Morgan fingerprint density at radius 2 is 1.85 bits per heavy atom. The van der Waals surface area contributed by atoms with Gasteiger partial charge in [-0.25, -0.2) is 0 Å². The van der Waals surface area contributed by atoms with E-state index in [0.29, 0.717) is 10.2 Å². The van der Waals surface area contributed by atoms with Gasteiger partial charge in [0.1, 0.15) is 16.9 Å². The van der Waals surface area contributed by atoms with Crippen molar-refractivity contribution in [1.82, 2.24) is 9.99 Å². The van der Waals surface area contributed by atoms with Crippen LogP contribution in [0.2, 0.25) is 0 Å². The molecule has 0 unspecified atom stereocenters. The van der Waals surface area contributed by atoms with Crippen LogP contribution in [0.25, 0.3) is 6.08 Å². The van der Waals surface area contributed by atoms with Gasteiger partial charge in [0.25, 0.3) is 5.91 Å². The Balaban J connectivity index is 1.34. The molecule has 2 aliphatic heterocycles. The summed E-state index contributed by atoms with van der Waals surface area (Å²) in [6.45, 7) is 2.00. The predicted molar refractivity (Wildman–Crippen MR) is 130 cm³/mol. The maximum atomic E-state index is 12.6. The molecule has 5 rings (SSSR count). The number of pyridine rings is 1. The number of fused-ring (bicyclic) bond motifs is 1. The molecular weight excluding hydrogens is 434 g/mol. The number of aromatic nitrogens is 1. The van der Waals surface area contributed by atoms with Gasteiger partial charge in [0.15, 0.2) is 5.84 Å². The lowest BCUT2D eigenvalue weighted by Crippen LogP contribution is -2.35. The number of hydrogen-bond donors (Lipinski definition) is 1. The first-order chi connectivity index (χ1) is 16.1. The molecule has 3 heterocycles. The summed E-state index contributed by atoms with van der Waals surface area (Å²) in [6.07, 6.45) is 4.93. The highest BCUT2D eigenvalue weighted by Gasteiger charge is 2.36. The highest BCUT2D eigenvalue weighted by atomic mass is 32.2. The molecule has 0 bridgehead atoms. The van der Waals surface area contributed by atoms with E-state index in [1.54, 1.807) is 18.5 Å². The number of benzene rings is 2. The molecule has 2 aliphatic rings. The van der Waals surface area contributed by atoms with Crippen molar-refractivity contribution in [3.63, 3.8) is 0 Å². The van der Waals surface area contributed by atoms with Crippen LogP contribution in [0.4, 0.5) is 0 Å². The summed E-state index contributed by atoms with van der Waals surface area (Å²) in [7, 11) is 0. The lowest BCUT2D eigenvalue weighted by molar-refractivity contribution is -0.114.